The fourth-order valence-corrected chi connectivity index (χ4v) is 2.42. The molecule has 1 fully saturated rings. The summed E-state index contributed by atoms with van der Waals surface area (Å²) in [7, 11) is 4.12. The molecule has 1 heterocycles. The molecule has 1 rings (SSSR count). The number of halogens is 1. The van der Waals surface area contributed by atoms with Crippen LogP contribution in [0.1, 0.15) is 33.1 Å². The second-order valence-electron chi connectivity index (χ2n) is 5.86. The highest BCUT2D eigenvalue weighted by molar-refractivity contribution is 5.85. The van der Waals surface area contributed by atoms with Crippen molar-refractivity contribution in [1.82, 2.24) is 10.2 Å². The Morgan fingerprint density at radius 1 is 1.40 bits per heavy atom. The van der Waals surface area contributed by atoms with Gasteiger partial charge in [-0.2, -0.15) is 0 Å². The molecule has 0 saturated carbocycles. The molecule has 3 N–H and O–H groups in total. The molecule has 0 radical (unpaired) electrons. The molecule has 2 unspecified atom stereocenters. The van der Waals surface area contributed by atoms with E-state index in [2.05, 4.69) is 31.2 Å². The van der Waals surface area contributed by atoms with Crippen LogP contribution < -0.4 is 11.1 Å². The lowest BCUT2D eigenvalue weighted by Gasteiger charge is -2.43. The Morgan fingerprint density at radius 2 is 1.95 bits per heavy atom. The molecular weight excluding hydrogens is 278 g/mol. The van der Waals surface area contributed by atoms with Crippen LogP contribution in [0.15, 0.2) is 0 Å². The monoisotopic (exact) mass is 307 g/mol. The standard InChI is InChI=1S/C14H29N3O2.ClH/c1-5-11(2)12(15)13(18)16-10-14(17(3)4)6-8-19-9-7-14;/h11-12H,5-10,15H2,1-4H3,(H,16,18);1H. The van der Waals surface area contributed by atoms with Gasteiger partial charge in [0.1, 0.15) is 0 Å². The van der Waals surface area contributed by atoms with Crippen LogP contribution in [0.3, 0.4) is 0 Å². The predicted molar refractivity (Wildman–Crippen MR) is 84.2 cm³/mol. The third kappa shape index (κ3) is 4.88. The van der Waals surface area contributed by atoms with E-state index in [1.807, 2.05) is 6.92 Å². The zero-order valence-electron chi connectivity index (χ0n) is 13.1. The molecule has 0 aliphatic carbocycles. The zero-order valence-corrected chi connectivity index (χ0v) is 14.0. The summed E-state index contributed by atoms with van der Waals surface area (Å²) >= 11 is 0. The molecule has 5 nitrogen and oxygen atoms in total. The minimum atomic E-state index is -0.413. The van der Waals surface area contributed by atoms with Gasteiger partial charge in [-0.15, -0.1) is 12.4 Å². The van der Waals surface area contributed by atoms with E-state index < -0.39 is 6.04 Å². The van der Waals surface area contributed by atoms with Crippen LogP contribution in [0.25, 0.3) is 0 Å². The van der Waals surface area contributed by atoms with Gasteiger partial charge in [0.2, 0.25) is 5.91 Å². The summed E-state index contributed by atoms with van der Waals surface area (Å²) in [6.07, 6.45) is 2.80. The largest absolute Gasteiger partial charge is 0.381 e. The van der Waals surface area contributed by atoms with E-state index in [9.17, 15) is 4.79 Å². The summed E-state index contributed by atoms with van der Waals surface area (Å²) in [6.45, 7) is 6.22. The fourth-order valence-electron chi connectivity index (χ4n) is 2.42. The Balaban J connectivity index is 0.00000361. The lowest BCUT2D eigenvalue weighted by Crippen LogP contribution is -2.57. The van der Waals surface area contributed by atoms with Crippen molar-refractivity contribution in [3.8, 4) is 0 Å². The average Bonchev–Trinajstić information content (AvgIpc) is 2.43. The van der Waals surface area contributed by atoms with E-state index in [1.54, 1.807) is 0 Å². The van der Waals surface area contributed by atoms with Gasteiger partial charge in [-0.3, -0.25) is 4.79 Å². The van der Waals surface area contributed by atoms with E-state index in [4.69, 9.17) is 10.5 Å². The highest BCUT2D eigenvalue weighted by Gasteiger charge is 2.35. The number of carbonyl (C=O) groups is 1. The maximum absolute atomic E-state index is 12.1. The molecule has 20 heavy (non-hydrogen) atoms. The van der Waals surface area contributed by atoms with Gasteiger partial charge in [0.25, 0.3) is 0 Å². The first-order valence-electron chi connectivity index (χ1n) is 7.21. The van der Waals surface area contributed by atoms with Gasteiger partial charge in [-0.05, 0) is 32.9 Å². The normalized spacial score (nSPS) is 20.9. The van der Waals surface area contributed by atoms with Crippen molar-refractivity contribution in [2.24, 2.45) is 11.7 Å². The molecular formula is C14H30ClN3O2. The lowest BCUT2D eigenvalue weighted by molar-refractivity contribution is -0.124. The van der Waals surface area contributed by atoms with Gasteiger partial charge in [-0.1, -0.05) is 20.3 Å². The quantitative estimate of drug-likeness (QED) is 0.768. The van der Waals surface area contributed by atoms with Gasteiger partial charge in [0.15, 0.2) is 0 Å². The molecule has 1 aliphatic heterocycles. The molecule has 0 bridgehead atoms. The molecule has 1 amide bonds. The van der Waals surface area contributed by atoms with E-state index in [1.165, 1.54) is 0 Å². The van der Waals surface area contributed by atoms with E-state index in [0.29, 0.717) is 6.54 Å². The lowest BCUT2D eigenvalue weighted by atomic mass is 9.88. The summed E-state index contributed by atoms with van der Waals surface area (Å²) in [5, 5.41) is 3.03. The SMILES string of the molecule is CCC(C)C(N)C(=O)NCC1(N(C)C)CCOCC1.Cl. The van der Waals surface area contributed by atoms with Crippen molar-refractivity contribution in [2.75, 3.05) is 33.9 Å². The van der Waals surface area contributed by atoms with E-state index >= 15 is 0 Å². The Hall–Kier alpha value is -0.360. The van der Waals surface area contributed by atoms with Crippen LogP contribution in [0, 0.1) is 5.92 Å². The van der Waals surface area contributed by atoms with E-state index in [-0.39, 0.29) is 29.8 Å². The minimum Gasteiger partial charge on any atom is -0.381 e. The first kappa shape index (κ1) is 19.6. The molecule has 0 aromatic rings. The van der Waals surface area contributed by atoms with Crippen molar-refractivity contribution in [1.29, 1.82) is 0 Å². The molecule has 0 aromatic carbocycles. The third-order valence-electron chi connectivity index (χ3n) is 4.52. The summed E-state index contributed by atoms with van der Waals surface area (Å²) in [4.78, 5) is 14.3. The van der Waals surface area contributed by atoms with Crippen molar-refractivity contribution in [3.63, 3.8) is 0 Å². The first-order chi connectivity index (χ1) is 8.93. The Morgan fingerprint density at radius 3 is 2.40 bits per heavy atom. The van der Waals surface area contributed by atoms with Gasteiger partial charge in [-0.25, -0.2) is 0 Å². The maximum atomic E-state index is 12.1. The number of nitrogens with two attached hydrogens (primary N) is 1. The number of nitrogens with zero attached hydrogens (tertiary/aromatic N) is 1. The predicted octanol–water partition coefficient (Wildman–Crippen LogP) is 1.01. The summed E-state index contributed by atoms with van der Waals surface area (Å²) in [5.41, 5.74) is 5.96. The third-order valence-corrected chi connectivity index (χ3v) is 4.52. The minimum absolute atomic E-state index is 0. The van der Waals surface area contributed by atoms with Crippen LogP contribution in [-0.4, -0.2) is 56.2 Å². The van der Waals surface area contributed by atoms with Crippen molar-refractivity contribution in [3.05, 3.63) is 0 Å². The highest BCUT2D eigenvalue weighted by atomic mass is 35.5. The number of ether oxygens (including phenoxy) is 1. The van der Waals surface area contributed by atoms with Gasteiger partial charge in [0, 0.05) is 25.3 Å². The second kappa shape index (κ2) is 8.82. The molecule has 0 spiro atoms. The molecule has 1 aliphatic rings. The number of nitrogens with one attached hydrogen (secondary N) is 1. The number of hydrogen-bond donors (Lipinski definition) is 2. The molecule has 1 saturated heterocycles. The highest BCUT2D eigenvalue weighted by Crippen LogP contribution is 2.25. The van der Waals surface area contributed by atoms with Crippen LogP contribution in [0.2, 0.25) is 0 Å². The van der Waals surface area contributed by atoms with Crippen molar-refractivity contribution >= 4 is 18.3 Å². The van der Waals surface area contributed by atoms with Crippen LogP contribution in [0.5, 0.6) is 0 Å². The smallest absolute Gasteiger partial charge is 0.237 e. The van der Waals surface area contributed by atoms with Gasteiger partial charge < -0.3 is 20.7 Å². The van der Waals surface area contributed by atoms with Crippen molar-refractivity contribution in [2.45, 2.75) is 44.7 Å². The number of amides is 1. The van der Waals surface area contributed by atoms with Crippen molar-refractivity contribution < 1.29 is 9.53 Å². The van der Waals surface area contributed by atoms with Crippen LogP contribution in [-0.2, 0) is 9.53 Å². The van der Waals surface area contributed by atoms with Crippen LogP contribution in [0.4, 0.5) is 0 Å². The summed E-state index contributed by atoms with van der Waals surface area (Å²) in [6, 6.07) is -0.413. The summed E-state index contributed by atoms with van der Waals surface area (Å²) < 4.78 is 5.42. The molecule has 2 atom stereocenters. The van der Waals surface area contributed by atoms with Gasteiger partial charge in [0.05, 0.1) is 6.04 Å². The number of likely N-dealkylation sites (N-methyl/N-ethyl adjacent to an activating group) is 1. The molecule has 120 valence electrons. The Labute approximate surface area is 129 Å². The van der Waals surface area contributed by atoms with E-state index in [0.717, 1.165) is 32.5 Å². The zero-order chi connectivity index (χ0) is 14.5. The topological polar surface area (TPSA) is 67.6 Å². The van der Waals surface area contributed by atoms with Crippen LogP contribution >= 0.6 is 12.4 Å². The Kier molecular flexibility index (Phi) is 8.66. The number of hydrogen-bond acceptors (Lipinski definition) is 4. The maximum Gasteiger partial charge on any atom is 0.237 e. The first-order valence-corrected chi connectivity index (χ1v) is 7.21. The molecule has 0 aromatic heterocycles. The molecule has 6 heteroatoms. The van der Waals surface area contributed by atoms with Gasteiger partial charge >= 0.3 is 0 Å². The fraction of sp³-hybridized carbons (Fsp3) is 0.929. The number of carbonyl (C=O) groups excluding carboxylic acids is 1. The Bertz CT molecular complexity index is 294. The average molecular weight is 308 g/mol. The second-order valence-corrected chi connectivity index (χ2v) is 5.86. The summed E-state index contributed by atoms with van der Waals surface area (Å²) in [5.74, 6) is 0.173. The number of rotatable bonds is 6.